The zero-order chi connectivity index (χ0) is 13.2. The molecule has 4 nitrogen and oxygen atoms in total. The number of pyridine rings is 1. The second-order valence-corrected chi connectivity index (χ2v) is 4.53. The van der Waals surface area contributed by atoms with Crippen molar-refractivity contribution in [2.75, 3.05) is 11.9 Å². The topological polar surface area (TPSA) is 51.2 Å². The quantitative estimate of drug-likeness (QED) is 0.661. The summed E-state index contributed by atoms with van der Waals surface area (Å²) in [6.07, 6.45) is 2.44. The molecular formula is C15H14N2O2. The predicted molar refractivity (Wildman–Crippen MR) is 73.6 cm³/mol. The number of rotatable bonds is 2. The number of fused-ring (bicyclic) bond motifs is 1. The highest BCUT2D eigenvalue weighted by Gasteiger charge is 2.21. The van der Waals surface area contributed by atoms with Crippen molar-refractivity contribution < 1.29 is 9.53 Å². The molecular weight excluding hydrogens is 240 g/mol. The highest BCUT2D eigenvalue weighted by molar-refractivity contribution is 5.91. The molecule has 96 valence electrons. The van der Waals surface area contributed by atoms with E-state index in [0.717, 1.165) is 22.3 Å². The monoisotopic (exact) mass is 254 g/mol. The molecule has 2 heterocycles. The molecule has 2 aromatic rings. The van der Waals surface area contributed by atoms with Gasteiger partial charge in [-0.05, 0) is 19.1 Å². The van der Waals surface area contributed by atoms with Crippen LogP contribution in [0, 0.1) is 0 Å². The van der Waals surface area contributed by atoms with Crippen molar-refractivity contribution in [2.45, 2.75) is 13.3 Å². The number of carbonyl (C=O) groups is 1. The van der Waals surface area contributed by atoms with Gasteiger partial charge in [0.05, 0.1) is 29.6 Å². The van der Waals surface area contributed by atoms with Crippen LogP contribution < -0.4 is 5.32 Å². The lowest BCUT2D eigenvalue weighted by atomic mass is 10.1. The Kier molecular flexibility index (Phi) is 2.91. The van der Waals surface area contributed by atoms with E-state index in [1.54, 1.807) is 6.20 Å². The Hall–Kier alpha value is -2.36. The molecule has 0 amide bonds. The summed E-state index contributed by atoms with van der Waals surface area (Å²) >= 11 is 0. The normalized spacial score (nSPS) is 17.4. The maximum atomic E-state index is 11.5. The minimum Gasteiger partial charge on any atom is -0.462 e. The first-order valence-electron chi connectivity index (χ1n) is 6.23. The summed E-state index contributed by atoms with van der Waals surface area (Å²) in [5.74, 6) is -0.223. The zero-order valence-electron chi connectivity index (χ0n) is 10.6. The maximum Gasteiger partial charge on any atom is 0.335 e. The van der Waals surface area contributed by atoms with Crippen LogP contribution in [0.1, 0.15) is 13.3 Å². The molecule has 3 rings (SSSR count). The van der Waals surface area contributed by atoms with Crippen LogP contribution in [-0.4, -0.2) is 17.6 Å². The van der Waals surface area contributed by atoms with E-state index in [-0.39, 0.29) is 5.97 Å². The van der Waals surface area contributed by atoms with Crippen LogP contribution in [0.15, 0.2) is 47.8 Å². The van der Waals surface area contributed by atoms with Crippen LogP contribution in [0.4, 0.5) is 5.69 Å². The summed E-state index contributed by atoms with van der Waals surface area (Å²) in [6.45, 7) is 2.36. The standard InChI is InChI=1S/C15H14N2O2/c1-10(13-6-7-19-15(13)18)17-12-8-11-4-2-3-5-14(11)16-9-12/h2-5,8-9,17H,6-7H2,1H3/b13-10+. The summed E-state index contributed by atoms with van der Waals surface area (Å²) in [4.78, 5) is 15.9. The number of anilines is 1. The number of hydrogen-bond acceptors (Lipinski definition) is 4. The second kappa shape index (κ2) is 4.72. The van der Waals surface area contributed by atoms with Gasteiger partial charge in [0.25, 0.3) is 0 Å². The first kappa shape index (κ1) is 11.7. The summed E-state index contributed by atoms with van der Waals surface area (Å²) in [5, 5.41) is 4.29. The summed E-state index contributed by atoms with van der Waals surface area (Å²) in [5.41, 5.74) is 3.38. The molecule has 1 N–H and O–H groups in total. The van der Waals surface area contributed by atoms with E-state index in [9.17, 15) is 4.79 Å². The number of ether oxygens (including phenoxy) is 1. The molecule has 1 aliphatic heterocycles. The molecule has 0 bridgehead atoms. The Morgan fingerprint density at radius 2 is 2.21 bits per heavy atom. The van der Waals surface area contributed by atoms with E-state index in [2.05, 4.69) is 10.3 Å². The summed E-state index contributed by atoms with van der Waals surface area (Å²) in [6, 6.07) is 9.95. The number of nitrogens with one attached hydrogen (secondary N) is 1. The third-order valence-corrected chi connectivity index (χ3v) is 3.21. The number of para-hydroxylation sites is 1. The van der Waals surface area contributed by atoms with Crippen molar-refractivity contribution >= 4 is 22.6 Å². The van der Waals surface area contributed by atoms with Crippen LogP contribution in [0.2, 0.25) is 0 Å². The maximum absolute atomic E-state index is 11.5. The lowest BCUT2D eigenvalue weighted by molar-refractivity contribution is -0.135. The van der Waals surface area contributed by atoms with Crippen molar-refractivity contribution in [3.63, 3.8) is 0 Å². The van der Waals surface area contributed by atoms with E-state index in [1.807, 2.05) is 37.3 Å². The van der Waals surface area contributed by atoms with Crippen LogP contribution in [0.5, 0.6) is 0 Å². The average Bonchev–Trinajstić information content (AvgIpc) is 2.85. The Bertz CT molecular complexity index is 677. The SMILES string of the molecule is C/C(Nc1cnc2ccccc2c1)=C1/CCOC1=O. The molecule has 1 aliphatic rings. The van der Waals surface area contributed by atoms with Gasteiger partial charge in [-0.25, -0.2) is 4.79 Å². The first-order chi connectivity index (χ1) is 9.24. The van der Waals surface area contributed by atoms with Crippen molar-refractivity contribution in [3.8, 4) is 0 Å². The highest BCUT2D eigenvalue weighted by Crippen LogP contribution is 2.21. The van der Waals surface area contributed by atoms with E-state index in [1.165, 1.54) is 0 Å². The Balaban J connectivity index is 1.91. The number of aromatic nitrogens is 1. The minimum atomic E-state index is -0.223. The van der Waals surface area contributed by atoms with E-state index < -0.39 is 0 Å². The Labute approximate surface area is 111 Å². The van der Waals surface area contributed by atoms with Gasteiger partial charge in [-0.3, -0.25) is 4.98 Å². The number of allylic oxidation sites excluding steroid dienone is 1. The van der Waals surface area contributed by atoms with Gasteiger partial charge in [-0.1, -0.05) is 18.2 Å². The molecule has 0 atom stereocenters. The van der Waals surface area contributed by atoms with Crippen molar-refractivity contribution in [3.05, 3.63) is 47.8 Å². The lowest BCUT2D eigenvalue weighted by Crippen LogP contribution is -2.05. The summed E-state index contributed by atoms with van der Waals surface area (Å²) < 4.78 is 4.94. The van der Waals surface area contributed by atoms with Crippen molar-refractivity contribution in [1.82, 2.24) is 4.98 Å². The number of cyclic esters (lactones) is 1. The van der Waals surface area contributed by atoms with Gasteiger partial charge in [-0.15, -0.1) is 0 Å². The van der Waals surface area contributed by atoms with E-state index in [4.69, 9.17) is 4.74 Å². The van der Waals surface area contributed by atoms with Crippen LogP contribution in [0.25, 0.3) is 10.9 Å². The van der Waals surface area contributed by atoms with Gasteiger partial charge in [0.2, 0.25) is 0 Å². The predicted octanol–water partition coefficient (Wildman–Crippen LogP) is 2.87. The van der Waals surface area contributed by atoms with Crippen LogP contribution >= 0.6 is 0 Å². The van der Waals surface area contributed by atoms with Gasteiger partial charge in [-0.2, -0.15) is 0 Å². The number of benzene rings is 1. The molecule has 19 heavy (non-hydrogen) atoms. The fourth-order valence-corrected chi connectivity index (χ4v) is 2.21. The van der Waals surface area contributed by atoms with Crippen molar-refractivity contribution in [2.24, 2.45) is 0 Å². The third kappa shape index (κ3) is 2.29. The minimum absolute atomic E-state index is 0.223. The third-order valence-electron chi connectivity index (χ3n) is 3.21. The van der Waals surface area contributed by atoms with Gasteiger partial charge >= 0.3 is 5.97 Å². The molecule has 0 aliphatic carbocycles. The second-order valence-electron chi connectivity index (χ2n) is 4.53. The summed E-state index contributed by atoms with van der Waals surface area (Å²) in [7, 11) is 0. The number of hydrogen-bond donors (Lipinski definition) is 1. The van der Waals surface area contributed by atoms with Gasteiger partial charge in [0.1, 0.15) is 0 Å². The number of esters is 1. The first-order valence-corrected chi connectivity index (χ1v) is 6.23. The Morgan fingerprint density at radius 1 is 1.37 bits per heavy atom. The van der Waals surface area contributed by atoms with Gasteiger partial charge in [0.15, 0.2) is 0 Å². The fraction of sp³-hybridized carbons (Fsp3) is 0.200. The smallest absolute Gasteiger partial charge is 0.335 e. The molecule has 0 radical (unpaired) electrons. The largest absolute Gasteiger partial charge is 0.462 e. The zero-order valence-corrected chi connectivity index (χ0v) is 10.6. The molecule has 1 saturated heterocycles. The van der Waals surface area contributed by atoms with E-state index >= 15 is 0 Å². The molecule has 0 unspecified atom stereocenters. The lowest BCUT2D eigenvalue weighted by Gasteiger charge is -2.08. The van der Waals surface area contributed by atoms with Crippen LogP contribution in [-0.2, 0) is 9.53 Å². The highest BCUT2D eigenvalue weighted by atomic mass is 16.5. The van der Waals surface area contributed by atoms with E-state index in [0.29, 0.717) is 18.6 Å². The molecule has 0 saturated carbocycles. The number of carbonyl (C=O) groups excluding carboxylic acids is 1. The van der Waals surface area contributed by atoms with Gasteiger partial charge in [0, 0.05) is 17.5 Å². The molecule has 1 aromatic carbocycles. The molecule has 1 aromatic heterocycles. The van der Waals surface area contributed by atoms with Crippen molar-refractivity contribution in [1.29, 1.82) is 0 Å². The fourth-order valence-electron chi connectivity index (χ4n) is 2.21. The van der Waals surface area contributed by atoms with Crippen LogP contribution in [0.3, 0.4) is 0 Å². The molecule has 4 heteroatoms. The average molecular weight is 254 g/mol. The Morgan fingerprint density at radius 3 is 3.00 bits per heavy atom. The molecule has 1 fully saturated rings. The number of nitrogens with zero attached hydrogens (tertiary/aromatic N) is 1. The van der Waals surface area contributed by atoms with Gasteiger partial charge < -0.3 is 10.1 Å². The molecule has 0 spiro atoms.